The van der Waals surface area contributed by atoms with Crippen molar-refractivity contribution in [2.24, 2.45) is 0 Å². The fourth-order valence-electron chi connectivity index (χ4n) is 3.06. The Morgan fingerprint density at radius 3 is 2.30 bits per heavy atom. The average molecular weight is 596 g/mol. The van der Waals surface area contributed by atoms with Crippen LogP contribution in [-0.4, -0.2) is 131 Å². The van der Waals surface area contributed by atoms with E-state index < -0.39 is 67.3 Å². The van der Waals surface area contributed by atoms with Crippen molar-refractivity contribution >= 4 is 28.5 Å². The summed E-state index contributed by atoms with van der Waals surface area (Å²) in [4.78, 5) is 12.2. The Labute approximate surface area is 205 Å². The Hall–Kier alpha value is -0.240. The van der Waals surface area contributed by atoms with Crippen molar-refractivity contribution in [3.05, 3.63) is 0 Å². The van der Waals surface area contributed by atoms with Gasteiger partial charge < -0.3 is 61.0 Å². The topological polar surface area (TPSA) is 221 Å². The summed E-state index contributed by atoms with van der Waals surface area (Å²) in [6.07, 6.45) is -14.6. The number of carbonyl (C=O) groups excluding carboxylic acids is 1. The van der Waals surface area contributed by atoms with Crippen LogP contribution in [0.25, 0.3) is 0 Å². The Morgan fingerprint density at radius 2 is 1.79 bits per heavy atom. The Morgan fingerprint density at radius 1 is 1.18 bits per heavy atom. The van der Waals surface area contributed by atoms with Crippen LogP contribution in [0.4, 0.5) is 0 Å². The highest BCUT2D eigenvalue weighted by molar-refractivity contribution is 14.1. The molecule has 2 unspecified atom stereocenters. The number of alkyl halides is 1. The van der Waals surface area contributed by atoms with Crippen LogP contribution >= 0.6 is 22.6 Å². The molecule has 0 aromatic rings. The van der Waals surface area contributed by atoms with Gasteiger partial charge in [-0.3, -0.25) is 4.79 Å². The molecule has 0 aromatic carbocycles. The number of halogens is 1. The molecule has 0 bridgehead atoms. The third-order valence-electron chi connectivity index (χ3n) is 5.04. The van der Waals surface area contributed by atoms with Crippen LogP contribution in [0.3, 0.4) is 0 Å². The van der Waals surface area contributed by atoms with Gasteiger partial charge in [0, 0.05) is 16.5 Å². The van der Waals surface area contributed by atoms with Crippen LogP contribution in [0.15, 0.2) is 0 Å². The maximum absolute atomic E-state index is 12.2. The molecule has 1 aliphatic heterocycles. The summed E-state index contributed by atoms with van der Waals surface area (Å²) < 4.78 is 10.5. The van der Waals surface area contributed by atoms with Gasteiger partial charge in [-0.2, -0.15) is 0 Å². The molecule has 0 saturated carbocycles. The van der Waals surface area contributed by atoms with Crippen molar-refractivity contribution in [2.45, 2.75) is 87.5 Å². The SMILES string of the molecule is CC(C)(C)NCCCNC(=O)[C@H](O)[C@@H](O)[C@H](O[C@@H]1OC(CI)C(O)(O)[C@H](O)C1O)[C@H](O)CO. The number of aliphatic hydroxyl groups excluding tert-OH is 6. The van der Waals surface area contributed by atoms with E-state index in [1.54, 1.807) is 22.6 Å². The number of rotatable bonds is 12. The van der Waals surface area contributed by atoms with Gasteiger partial charge in [-0.15, -0.1) is 0 Å². The number of hydrogen-bond acceptors (Lipinski definition) is 12. The molecule has 8 atom stereocenters. The van der Waals surface area contributed by atoms with Crippen LogP contribution < -0.4 is 10.6 Å². The molecule has 1 fully saturated rings. The quantitative estimate of drug-likeness (QED) is 0.0450. The lowest BCUT2D eigenvalue weighted by molar-refractivity contribution is -0.388. The zero-order valence-electron chi connectivity index (χ0n) is 18.8. The van der Waals surface area contributed by atoms with Gasteiger partial charge >= 0.3 is 0 Å². The Kier molecular flexibility index (Phi) is 12.3. The molecule has 1 saturated heterocycles. The van der Waals surface area contributed by atoms with E-state index >= 15 is 0 Å². The summed E-state index contributed by atoms with van der Waals surface area (Å²) in [7, 11) is 0. The van der Waals surface area contributed by atoms with Crippen LogP contribution in [-0.2, 0) is 14.3 Å². The van der Waals surface area contributed by atoms with Gasteiger partial charge in [0.25, 0.3) is 5.91 Å². The minimum Gasteiger partial charge on any atom is -0.394 e. The van der Waals surface area contributed by atoms with E-state index in [-0.39, 0.29) is 16.5 Å². The van der Waals surface area contributed by atoms with E-state index in [9.17, 15) is 45.6 Å². The maximum Gasteiger partial charge on any atom is 0.251 e. The first-order valence-corrected chi connectivity index (χ1v) is 12.1. The minimum absolute atomic E-state index is 0.0424. The number of nitrogens with one attached hydrogen (secondary N) is 2. The fraction of sp³-hybridized carbons (Fsp3) is 0.947. The molecular formula is C19H37IN2O11. The number of aliphatic hydroxyl groups is 8. The molecule has 10 N–H and O–H groups in total. The first-order valence-electron chi connectivity index (χ1n) is 10.5. The summed E-state index contributed by atoms with van der Waals surface area (Å²) in [6, 6.07) is 0. The number of carbonyl (C=O) groups is 1. The van der Waals surface area contributed by atoms with E-state index in [0.717, 1.165) is 0 Å². The number of amides is 1. The third kappa shape index (κ3) is 8.73. The lowest BCUT2D eigenvalue weighted by atomic mass is 9.95. The molecule has 13 nitrogen and oxygen atoms in total. The van der Waals surface area contributed by atoms with Gasteiger partial charge in [0.05, 0.1) is 6.61 Å². The maximum atomic E-state index is 12.2. The molecule has 1 rings (SSSR count). The third-order valence-corrected chi connectivity index (χ3v) is 5.84. The standard InChI is InChI=1S/C19H37IN2O11/c1-18(2,3)22-6-4-5-21-16(29)12(26)11(25)14(9(24)8-23)33-17-13(27)15(28)19(30,31)10(7-20)32-17/h9-15,17,22-28,30-31H,4-8H2,1-3H3,(H,21,29)/t9-,10?,11-,12-,13?,14-,15-,17+/m1/s1. The summed E-state index contributed by atoms with van der Waals surface area (Å²) in [5.74, 6) is -3.76. The highest BCUT2D eigenvalue weighted by atomic mass is 127. The predicted molar refractivity (Wildman–Crippen MR) is 122 cm³/mol. The first-order chi connectivity index (χ1) is 15.2. The molecule has 1 aliphatic rings. The van der Waals surface area contributed by atoms with Crippen molar-refractivity contribution in [3.63, 3.8) is 0 Å². The molecule has 196 valence electrons. The number of ether oxygens (including phenoxy) is 2. The van der Waals surface area contributed by atoms with Gasteiger partial charge in [-0.1, -0.05) is 22.6 Å². The molecule has 1 amide bonds. The lowest BCUT2D eigenvalue weighted by Crippen LogP contribution is -2.68. The highest BCUT2D eigenvalue weighted by Gasteiger charge is 2.55. The number of hydrogen-bond donors (Lipinski definition) is 10. The predicted octanol–water partition coefficient (Wildman–Crippen LogP) is -4.10. The van der Waals surface area contributed by atoms with Crippen molar-refractivity contribution in [1.29, 1.82) is 0 Å². The van der Waals surface area contributed by atoms with Crippen molar-refractivity contribution in [2.75, 3.05) is 24.1 Å². The van der Waals surface area contributed by atoms with Gasteiger partial charge in [0.2, 0.25) is 5.79 Å². The molecule has 33 heavy (non-hydrogen) atoms. The first kappa shape index (κ1) is 30.8. The molecule has 0 radical (unpaired) electrons. The summed E-state index contributed by atoms with van der Waals surface area (Å²) in [5, 5.41) is 85.7. The van der Waals surface area contributed by atoms with Crippen molar-refractivity contribution in [3.8, 4) is 0 Å². The smallest absolute Gasteiger partial charge is 0.251 e. The van der Waals surface area contributed by atoms with E-state index in [1.807, 2.05) is 20.8 Å². The van der Waals surface area contributed by atoms with E-state index in [0.29, 0.717) is 13.0 Å². The summed E-state index contributed by atoms with van der Waals surface area (Å²) >= 11 is 1.74. The van der Waals surface area contributed by atoms with E-state index in [4.69, 9.17) is 9.47 Å². The fourth-order valence-corrected chi connectivity index (χ4v) is 3.91. The summed E-state index contributed by atoms with van der Waals surface area (Å²) in [5.41, 5.74) is -0.105. The monoisotopic (exact) mass is 596 g/mol. The largest absolute Gasteiger partial charge is 0.394 e. The van der Waals surface area contributed by atoms with Crippen LogP contribution in [0.2, 0.25) is 0 Å². The molecule has 0 aliphatic carbocycles. The van der Waals surface area contributed by atoms with Gasteiger partial charge in [0.15, 0.2) is 12.4 Å². The second-order valence-corrected chi connectivity index (χ2v) is 9.85. The molecule has 1 heterocycles. The molecular weight excluding hydrogens is 559 g/mol. The van der Waals surface area contributed by atoms with Crippen LogP contribution in [0.1, 0.15) is 27.2 Å². The van der Waals surface area contributed by atoms with E-state index in [1.165, 1.54) is 0 Å². The molecule has 14 heteroatoms. The van der Waals surface area contributed by atoms with Crippen molar-refractivity contribution in [1.82, 2.24) is 10.6 Å². The highest BCUT2D eigenvalue weighted by Crippen LogP contribution is 2.31. The van der Waals surface area contributed by atoms with Gasteiger partial charge in [0.1, 0.15) is 36.6 Å². The second kappa shape index (κ2) is 13.2. The zero-order chi connectivity index (χ0) is 25.6. The van der Waals surface area contributed by atoms with Gasteiger partial charge in [-0.05, 0) is 33.7 Å². The average Bonchev–Trinajstić information content (AvgIpc) is 2.74. The second-order valence-electron chi connectivity index (χ2n) is 8.97. The minimum atomic E-state index is -2.80. The molecule has 0 spiro atoms. The van der Waals surface area contributed by atoms with Crippen molar-refractivity contribution < 1.29 is 55.1 Å². The molecule has 0 aromatic heterocycles. The summed E-state index contributed by atoms with van der Waals surface area (Å²) in [6.45, 7) is 5.77. The van der Waals surface area contributed by atoms with Crippen LogP contribution in [0.5, 0.6) is 0 Å². The van der Waals surface area contributed by atoms with E-state index in [2.05, 4.69) is 10.6 Å². The normalized spacial score (nSPS) is 29.2. The van der Waals surface area contributed by atoms with Crippen LogP contribution in [0, 0.1) is 0 Å². The lowest BCUT2D eigenvalue weighted by Gasteiger charge is -2.46. The Balaban J connectivity index is 2.80. The zero-order valence-corrected chi connectivity index (χ0v) is 21.0. The Bertz CT molecular complexity index is 603. The van der Waals surface area contributed by atoms with Gasteiger partial charge in [-0.25, -0.2) is 0 Å².